The first-order valence-corrected chi connectivity index (χ1v) is 7.53. The van der Waals surface area contributed by atoms with E-state index in [0.717, 1.165) is 5.39 Å². The second kappa shape index (κ2) is 4.14. The van der Waals surface area contributed by atoms with Crippen LogP contribution in [0.3, 0.4) is 0 Å². The van der Waals surface area contributed by atoms with Gasteiger partial charge in [-0.05, 0) is 17.5 Å². The molecule has 0 aliphatic rings. The molecule has 1 heterocycles. The summed E-state index contributed by atoms with van der Waals surface area (Å²) in [5.74, 6) is -0.172. The maximum absolute atomic E-state index is 13.4. The van der Waals surface area contributed by atoms with Crippen molar-refractivity contribution in [3.8, 4) is 0 Å². The Morgan fingerprint density at radius 1 is 1.38 bits per heavy atom. The molecule has 2 aromatic rings. The van der Waals surface area contributed by atoms with Gasteiger partial charge in [0.05, 0.1) is 10.5 Å². The third kappa shape index (κ3) is 2.25. The van der Waals surface area contributed by atoms with E-state index in [1.54, 1.807) is 25.1 Å². The zero-order valence-corrected chi connectivity index (χ0v) is 10.4. The topological polar surface area (TPSA) is 34.1 Å². The number of hydrogen-bond donors (Lipinski definition) is 0. The first kappa shape index (κ1) is 11.5. The molecular formula is C11H11FO2S2. The van der Waals surface area contributed by atoms with Gasteiger partial charge in [0.15, 0.2) is 9.84 Å². The van der Waals surface area contributed by atoms with Crippen molar-refractivity contribution in [3.63, 3.8) is 0 Å². The fourth-order valence-corrected chi connectivity index (χ4v) is 3.82. The molecule has 2 rings (SSSR count). The summed E-state index contributed by atoms with van der Waals surface area (Å²) in [6, 6.07) is 6.55. The summed E-state index contributed by atoms with van der Waals surface area (Å²) >= 11 is 1.21. The number of fused-ring (bicyclic) bond motifs is 1. The molecular weight excluding hydrogens is 247 g/mol. The lowest BCUT2D eigenvalue weighted by Gasteiger charge is -1.96. The molecule has 16 heavy (non-hydrogen) atoms. The second-order valence-electron chi connectivity index (χ2n) is 3.55. The van der Waals surface area contributed by atoms with Crippen LogP contribution in [0, 0.1) is 5.82 Å². The van der Waals surface area contributed by atoms with Crippen LogP contribution >= 0.6 is 11.3 Å². The molecule has 86 valence electrons. The molecule has 0 spiro atoms. The van der Waals surface area contributed by atoms with Crippen LogP contribution in [0.2, 0.25) is 0 Å². The first-order chi connectivity index (χ1) is 7.52. The van der Waals surface area contributed by atoms with Crippen molar-refractivity contribution in [2.45, 2.75) is 12.7 Å². The summed E-state index contributed by atoms with van der Waals surface area (Å²) in [6.07, 6.45) is 0. The number of halogens is 1. The molecule has 0 aliphatic heterocycles. The molecule has 0 fully saturated rings. The molecule has 0 atom stereocenters. The van der Waals surface area contributed by atoms with E-state index < -0.39 is 9.84 Å². The van der Waals surface area contributed by atoms with Crippen molar-refractivity contribution in [3.05, 3.63) is 35.0 Å². The highest BCUT2D eigenvalue weighted by molar-refractivity contribution is 7.90. The van der Waals surface area contributed by atoms with Crippen molar-refractivity contribution in [1.29, 1.82) is 0 Å². The van der Waals surface area contributed by atoms with Crippen LogP contribution in [0.4, 0.5) is 4.39 Å². The maximum Gasteiger partial charge on any atom is 0.154 e. The summed E-state index contributed by atoms with van der Waals surface area (Å²) in [6.45, 7) is 1.61. The standard InChI is InChI=1S/C11H11FO2S2/c1-2-16(13,14)7-9-6-8-4-3-5-10(12)11(8)15-9/h3-6H,2,7H2,1H3. The Morgan fingerprint density at radius 3 is 2.75 bits per heavy atom. The Bertz CT molecular complexity index is 614. The number of hydrogen-bond acceptors (Lipinski definition) is 3. The van der Waals surface area contributed by atoms with Gasteiger partial charge in [0, 0.05) is 10.6 Å². The monoisotopic (exact) mass is 258 g/mol. The van der Waals surface area contributed by atoms with Gasteiger partial charge in [-0.25, -0.2) is 12.8 Å². The lowest BCUT2D eigenvalue weighted by atomic mass is 10.2. The zero-order chi connectivity index (χ0) is 11.8. The third-order valence-corrected chi connectivity index (χ3v) is 5.32. The molecule has 1 aromatic carbocycles. The third-order valence-electron chi connectivity index (χ3n) is 2.35. The van der Waals surface area contributed by atoms with Crippen molar-refractivity contribution in [2.75, 3.05) is 5.75 Å². The normalized spacial score (nSPS) is 12.1. The summed E-state index contributed by atoms with van der Waals surface area (Å²) < 4.78 is 36.8. The molecule has 0 bridgehead atoms. The van der Waals surface area contributed by atoms with Gasteiger partial charge in [-0.1, -0.05) is 19.1 Å². The summed E-state index contributed by atoms with van der Waals surface area (Å²) in [4.78, 5) is 0.696. The minimum Gasteiger partial charge on any atom is -0.228 e. The van der Waals surface area contributed by atoms with Gasteiger partial charge >= 0.3 is 0 Å². The Morgan fingerprint density at radius 2 is 2.12 bits per heavy atom. The molecule has 0 radical (unpaired) electrons. The van der Waals surface area contributed by atoms with Gasteiger partial charge in [0.25, 0.3) is 0 Å². The van der Waals surface area contributed by atoms with E-state index in [1.165, 1.54) is 17.4 Å². The highest BCUT2D eigenvalue weighted by Gasteiger charge is 2.12. The minimum atomic E-state index is -3.05. The summed E-state index contributed by atoms with van der Waals surface area (Å²) in [5.41, 5.74) is 0. The Kier molecular flexibility index (Phi) is 2.99. The van der Waals surface area contributed by atoms with Gasteiger partial charge in [-0.3, -0.25) is 0 Å². The average molecular weight is 258 g/mol. The van der Waals surface area contributed by atoms with Crippen LogP contribution in [0.15, 0.2) is 24.3 Å². The Labute approximate surface area is 97.6 Å². The molecule has 0 aliphatic carbocycles. The average Bonchev–Trinajstić information content (AvgIpc) is 2.61. The van der Waals surface area contributed by atoms with Crippen LogP contribution in [0.5, 0.6) is 0 Å². The van der Waals surface area contributed by atoms with Gasteiger partial charge in [0.1, 0.15) is 5.82 Å². The lowest BCUT2D eigenvalue weighted by Crippen LogP contribution is -2.04. The maximum atomic E-state index is 13.4. The lowest BCUT2D eigenvalue weighted by molar-refractivity contribution is 0.597. The molecule has 5 heteroatoms. The first-order valence-electron chi connectivity index (χ1n) is 4.89. The molecule has 0 saturated heterocycles. The predicted octanol–water partition coefficient (Wildman–Crippen LogP) is 2.98. The molecule has 0 saturated carbocycles. The smallest absolute Gasteiger partial charge is 0.154 e. The van der Waals surface area contributed by atoms with E-state index in [0.29, 0.717) is 9.58 Å². The van der Waals surface area contributed by atoms with Crippen LogP contribution in [-0.4, -0.2) is 14.2 Å². The van der Waals surface area contributed by atoms with Crippen LogP contribution < -0.4 is 0 Å². The van der Waals surface area contributed by atoms with Gasteiger partial charge < -0.3 is 0 Å². The fourth-order valence-electron chi connectivity index (χ4n) is 1.47. The predicted molar refractivity (Wildman–Crippen MR) is 64.9 cm³/mol. The van der Waals surface area contributed by atoms with Gasteiger partial charge in [0.2, 0.25) is 0 Å². The van der Waals surface area contributed by atoms with E-state index in [2.05, 4.69) is 0 Å². The number of benzene rings is 1. The largest absolute Gasteiger partial charge is 0.228 e. The highest BCUT2D eigenvalue weighted by atomic mass is 32.2. The molecule has 0 unspecified atom stereocenters. The van der Waals surface area contributed by atoms with Crippen molar-refractivity contribution < 1.29 is 12.8 Å². The molecule has 0 amide bonds. The number of sulfone groups is 1. The van der Waals surface area contributed by atoms with Crippen LogP contribution in [0.1, 0.15) is 11.8 Å². The van der Waals surface area contributed by atoms with Crippen LogP contribution in [-0.2, 0) is 15.6 Å². The number of rotatable bonds is 3. The van der Waals surface area contributed by atoms with Crippen molar-refractivity contribution in [1.82, 2.24) is 0 Å². The van der Waals surface area contributed by atoms with Crippen molar-refractivity contribution in [2.24, 2.45) is 0 Å². The SMILES string of the molecule is CCS(=O)(=O)Cc1cc2cccc(F)c2s1. The number of thiophene rings is 1. The van der Waals surface area contributed by atoms with Gasteiger partial charge in [-0.15, -0.1) is 11.3 Å². The van der Waals surface area contributed by atoms with Crippen LogP contribution in [0.25, 0.3) is 10.1 Å². The zero-order valence-electron chi connectivity index (χ0n) is 8.73. The molecule has 0 N–H and O–H groups in total. The quantitative estimate of drug-likeness (QED) is 0.848. The minimum absolute atomic E-state index is 0.00227. The highest BCUT2D eigenvalue weighted by Crippen LogP contribution is 2.29. The second-order valence-corrected chi connectivity index (χ2v) is 7.04. The van der Waals surface area contributed by atoms with E-state index in [9.17, 15) is 12.8 Å². The van der Waals surface area contributed by atoms with E-state index in [4.69, 9.17) is 0 Å². The van der Waals surface area contributed by atoms with Crippen molar-refractivity contribution >= 4 is 31.3 Å². The van der Waals surface area contributed by atoms with E-state index in [1.807, 2.05) is 0 Å². The molecule has 2 nitrogen and oxygen atoms in total. The van der Waals surface area contributed by atoms with E-state index in [-0.39, 0.29) is 17.3 Å². The summed E-state index contributed by atoms with van der Waals surface area (Å²) in [7, 11) is -3.05. The molecule has 1 aromatic heterocycles. The fraction of sp³-hybridized carbons (Fsp3) is 0.273. The van der Waals surface area contributed by atoms with Gasteiger partial charge in [-0.2, -0.15) is 0 Å². The Hall–Kier alpha value is -0.940. The van der Waals surface area contributed by atoms with E-state index >= 15 is 0 Å². The summed E-state index contributed by atoms with van der Waals surface area (Å²) in [5, 5.41) is 0.770. The Balaban J connectivity index is 2.45.